The molecule has 4 heteroatoms. The van der Waals surface area contributed by atoms with E-state index in [4.69, 9.17) is 4.43 Å². The molecule has 0 radical (unpaired) electrons. The third-order valence-corrected chi connectivity index (χ3v) is 10.7. The monoisotopic (exact) mass is 420 g/mol. The van der Waals surface area contributed by atoms with Crippen molar-refractivity contribution in [3.8, 4) is 0 Å². The Hall–Kier alpha value is -2.24. The van der Waals surface area contributed by atoms with Crippen LogP contribution < -0.4 is 10.4 Å². The number of benzene rings is 3. The van der Waals surface area contributed by atoms with Crippen molar-refractivity contribution in [2.75, 3.05) is 6.61 Å². The topological polar surface area (TPSA) is 49.7 Å². The van der Waals surface area contributed by atoms with Crippen molar-refractivity contribution in [3.63, 3.8) is 0 Å². The van der Waals surface area contributed by atoms with E-state index < -0.39 is 20.5 Å². The van der Waals surface area contributed by atoms with Gasteiger partial charge in [0.05, 0.1) is 6.10 Å². The highest BCUT2D eigenvalue weighted by atomic mass is 28.4. The second-order valence-corrected chi connectivity index (χ2v) is 13.0. The molecule has 30 heavy (non-hydrogen) atoms. The summed E-state index contributed by atoms with van der Waals surface area (Å²) >= 11 is 0. The predicted octanol–water partition coefficient (Wildman–Crippen LogP) is 4.05. The Kier molecular flexibility index (Phi) is 7.26. The first-order chi connectivity index (χ1) is 14.4. The van der Waals surface area contributed by atoms with E-state index in [1.54, 1.807) is 0 Å². The van der Waals surface area contributed by atoms with Gasteiger partial charge in [0.2, 0.25) is 0 Å². The van der Waals surface area contributed by atoms with E-state index in [1.165, 1.54) is 10.4 Å². The van der Waals surface area contributed by atoms with Crippen LogP contribution in [0.4, 0.5) is 0 Å². The van der Waals surface area contributed by atoms with E-state index in [0.29, 0.717) is 13.0 Å². The fraction of sp³-hybridized carbons (Fsp3) is 0.308. The molecule has 0 amide bonds. The van der Waals surface area contributed by atoms with Gasteiger partial charge in [-0.05, 0) is 27.4 Å². The summed E-state index contributed by atoms with van der Waals surface area (Å²) in [5.74, 6) is 0. The number of rotatable bonds is 8. The first-order valence-corrected chi connectivity index (χ1v) is 12.4. The molecule has 0 aliphatic rings. The third-order valence-electron chi connectivity index (χ3n) is 5.65. The third kappa shape index (κ3) is 4.73. The Morgan fingerprint density at radius 1 is 0.733 bits per heavy atom. The van der Waals surface area contributed by atoms with Crippen molar-refractivity contribution >= 4 is 18.7 Å². The van der Waals surface area contributed by atoms with Crippen molar-refractivity contribution in [2.45, 2.75) is 44.4 Å². The largest absolute Gasteiger partial charge is 0.407 e. The Bertz CT molecular complexity index is 852. The summed E-state index contributed by atoms with van der Waals surface area (Å²) in [6.07, 6.45) is -1.44. The Balaban J connectivity index is 1.87. The zero-order chi connectivity index (χ0) is 21.6. The van der Waals surface area contributed by atoms with Crippen LogP contribution in [0.1, 0.15) is 38.9 Å². The van der Waals surface area contributed by atoms with Crippen LogP contribution in [0.2, 0.25) is 5.04 Å². The van der Waals surface area contributed by atoms with Gasteiger partial charge in [0.15, 0.2) is 0 Å². The highest BCUT2D eigenvalue weighted by Gasteiger charge is 2.50. The average molecular weight is 421 g/mol. The van der Waals surface area contributed by atoms with Gasteiger partial charge in [-0.1, -0.05) is 112 Å². The predicted molar refractivity (Wildman–Crippen MR) is 126 cm³/mol. The molecule has 0 spiro atoms. The summed E-state index contributed by atoms with van der Waals surface area (Å²) < 4.78 is 6.79. The fourth-order valence-electron chi connectivity index (χ4n) is 4.12. The maximum absolute atomic E-state index is 10.6. The van der Waals surface area contributed by atoms with Crippen molar-refractivity contribution in [1.82, 2.24) is 0 Å². The molecule has 3 nitrogen and oxygen atoms in total. The molecule has 0 aliphatic heterocycles. The standard InChI is InChI=1S/C26H32O3Si/c1-26(2,3)30(22-15-9-5-10-16-22,23-17-11-6-12-18-23)29-20-19-24(27)25(28)21-13-7-4-8-14-21/h4-18,24-25,27-28H,19-20H2,1-3H3/t24-,25+/m1/s1. The molecule has 0 aromatic heterocycles. The molecule has 0 saturated heterocycles. The molecule has 0 fully saturated rings. The summed E-state index contributed by atoms with van der Waals surface area (Å²) in [7, 11) is -2.62. The van der Waals surface area contributed by atoms with Gasteiger partial charge in [-0.2, -0.15) is 0 Å². The zero-order valence-electron chi connectivity index (χ0n) is 18.0. The molecule has 158 valence electrons. The van der Waals surface area contributed by atoms with E-state index in [9.17, 15) is 10.2 Å². The van der Waals surface area contributed by atoms with E-state index in [2.05, 4.69) is 69.3 Å². The summed E-state index contributed by atoms with van der Waals surface area (Å²) in [5.41, 5.74) is 0.718. The van der Waals surface area contributed by atoms with Crippen LogP contribution in [0.25, 0.3) is 0 Å². The summed E-state index contributed by atoms with van der Waals surface area (Å²) in [5, 5.41) is 23.4. The van der Waals surface area contributed by atoms with Crippen LogP contribution in [0.15, 0.2) is 91.0 Å². The first kappa shape index (κ1) is 22.4. The maximum atomic E-state index is 10.6. The van der Waals surface area contributed by atoms with Gasteiger partial charge >= 0.3 is 0 Å². The molecule has 2 atom stereocenters. The summed E-state index contributed by atoms with van der Waals surface area (Å²) in [4.78, 5) is 0. The van der Waals surface area contributed by atoms with Gasteiger partial charge in [-0.15, -0.1) is 0 Å². The Morgan fingerprint density at radius 3 is 1.60 bits per heavy atom. The molecule has 0 heterocycles. The zero-order valence-corrected chi connectivity index (χ0v) is 19.0. The quantitative estimate of drug-likeness (QED) is 0.541. The molecule has 0 unspecified atom stereocenters. The minimum atomic E-state index is -2.62. The molecule has 3 rings (SSSR count). The van der Waals surface area contributed by atoms with E-state index in [0.717, 1.165) is 5.56 Å². The first-order valence-electron chi connectivity index (χ1n) is 10.5. The maximum Gasteiger partial charge on any atom is 0.261 e. The lowest BCUT2D eigenvalue weighted by atomic mass is 10.0. The van der Waals surface area contributed by atoms with Gasteiger partial charge < -0.3 is 14.6 Å². The smallest absolute Gasteiger partial charge is 0.261 e. The highest BCUT2D eigenvalue weighted by molar-refractivity contribution is 6.99. The highest BCUT2D eigenvalue weighted by Crippen LogP contribution is 2.37. The number of aliphatic hydroxyl groups excluding tert-OH is 2. The second kappa shape index (κ2) is 9.71. The number of aliphatic hydroxyl groups is 2. The van der Waals surface area contributed by atoms with Crippen molar-refractivity contribution in [3.05, 3.63) is 96.6 Å². The van der Waals surface area contributed by atoms with E-state index >= 15 is 0 Å². The molecule has 0 aliphatic carbocycles. The summed E-state index contributed by atoms with van der Waals surface area (Å²) in [6, 6.07) is 30.2. The lowest BCUT2D eigenvalue weighted by Crippen LogP contribution is -2.66. The molecule has 2 N–H and O–H groups in total. The molecule has 0 saturated carbocycles. The molecular formula is C26H32O3Si. The van der Waals surface area contributed by atoms with Crippen molar-refractivity contribution in [2.24, 2.45) is 0 Å². The van der Waals surface area contributed by atoms with Crippen LogP contribution in [0, 0.1) is 0 Å². The van der Waals surface area contributed by atoms with E-state index in [-0.39, 0.29) is 5.04 Å². The fourth-order valence-corrected chi connectivity index (χ4v) is 8.70. The SMILES string of the molecule is CC(C)(C)[Si](OCC[C@@H](O)[C@@H](O)c1ccccc1)(c1ccccc1)c1ccccc1. The molecule has 0 bridgehead atoms. The Labute approximate surface area is 181 Å². The lowest BCUT2D eigenvalue weighted by Gasteiger charge is -2.43. The van der Waals surface area contributed by atoms with Gasteiger partial charge in [0.1, 0.15) is 6.10 Å². The minimum Gasteiger partial charge on any atom is -0.407 e. The minimum absolute atomic E-state index is 0.112. The number of hydrogen-bond donors (Lipinski definition) is 2. The Morgan fingerprint density at radius 2 is 1.17 bits per heavy atom. The lowest BCUT2D eigenvalue weighted by molar-refractivity contribution is 0.00545. The van der Waals surface area contributed by atoms with E-state index in [1.807, 2.05) is 42.5 Å². The van der Waals surface area contributed by atoms with Crippen LogP contribution in [0.3, 0.4) is 0 Å². The van der Waals surface area contributed by atoms with Gasteiger partial charge in [-0.3, -0.25) is 0 Å². The van der Waals surface area contributed by atoms with Gasteiger partial charge in [-0.25, -0.2) is 0 Å². The number of hydrogen-bond acceptors (Lipinski definition) is 3. The van der Waals surface area contributed by atoms with Crippen molar-refractivity contribution < 1.29 is 14.6 Å². The van der Waals surface area contributed by atoms with Gasteiger partial charge in [0.25, 0.3) is 8.32 Å². The van der Waals surface area contributed by atoms with Crippen LogP contribution in [-0.4, -0.2) is 31.2 Å². The normalized spacial score (nSPS) is 14.3. The average Bonchev–Trinajstić information content (AvgIpc) is 2.77. The molecule has 3 aromatic rings. The van der Waals surface area contributed by atoms with Crippen LogP contribution in [-0.2, 0) is 4.43 Å². The van der Waals surface area contributed by atoms with Crippen molar-refractivity contribution in [1.29, 1.82) is 0 Å². The van der Waals surface area contributed by atoms with Gasteiger partial charge in [0, 0.05) is 6.61 Å². The second-order valence-electron chi connectivity index (χ2n) is 8.72. The molecular weight excluding hydrogens is 388 g/mol. The summed E-state index contributed by atoms with van der Waals surface area (Å²) in [6.45, 7) is 7.07. The van der Waals surface area contributed by atoms with Crippen LogP contribution >= 0.6 is 0 Å². The van der Waals surface area contributed by atoms with Crippen LogP contribution in [0.5, 0.6) is 0 Å². The molecule has 3 aromatic carbocycles.